The summed E-state index contributed by atoms with van der Waals surface area (Å²) < 4.78 is 7.45. The Bertz CT molecular complexity index is 1350. The molecule has 0 aliphatic heterocycles. The molecule has 2 aromatic carbocycles. The molecule has 2 heterocycles. The number of carbonyl (C=O) groups excluding carboxylic acids is 1. The largest absolute Gasteiger partial charge is 0.463 e. The summed E-state index contributed by atoms with van der Waals surface area (Å²) in [6.45, 7) is 5.75. The molecule has 0 saturated carbocycles. The lowest BCUT2D eigenvalue weighted by atomic mass is 10.0. The van der Waals surface area contributed by atoms with Gasteiger partial charge in [0.1, 0.15) is 11.3 Å². The van der Waals surface area contributed by atoms with E-state index in [1.54, 1.807) is 29.7 Å². The smallest absolute Gasteiger partial charge is 0.261 e. The Balaban J connectivity index is 1.98. The van der Waals surface area contributed by atoms with Crippen molar-refractivity contribution in [2.45, 2.75) is 27.2 Å². The van der Waals surface area contributed by atoms with E-state index in [4.69, 9.17) is 16.0 Å². The number of carbonyl (C=O) groups is 1. The summed E-state index contributed by atoms with van der Waals surface area (Å²) in [7, 11) is 0. The van der Waals surface area contributed by atoms with Crippen LogP contribution in [0.5, 0.6) is 0 Å². The fourth-order valence-electron chi connectivity index (χ4n) is 3.92. The summed E-state index contributed by atoms with van der Waals surface area (Å²) in [6, 6.07) is 18.0. The van der Waals surface area contributed by atoms with Crippen molar-refractivity contribution in [1.29, 1.82) is 0 Å². The molecule has 5 nitrogen and oxygen atoms in total. The number of halogens is 1. The van der Waals surface area contributed by atoms with Crippen LogP contribution in [0.1, 0.15) is 34.1 Å². The quantitative estimate of drug-likeness (QED) is 0.398. The minimum atomic E-state index is -0.494. The van der Waals surface area contributed by atoms with Gasteiger partial charge in [-0.1, -0.05) is 48.9 Å². The number of hydrogen-bond acceptors (Lipinski definition) is 3. The Hall–Kier alpha value is -3.57. The maximum absolute atomic E-state index is 13.6. The lowest BCUT2D eigenvalue weighted by Crippen LogP contribution is -2.26. The summed E-state index contributed by atoms with van der Waals surface area (Å²) in [5, 5.41) is 3.47. The third-order valence-electron chi connectivity index (χ3n) is 5.45. The second kappa shape index (κ2) is 8.89. The van der Waals surface area contributed by atoms with Crippen LogP contribution < -0.4 is 10.7 Å². The van der Waals surface area contributed by atoms with Gasteiger partial charge in [-0.25, -0.2) is 0 Å². The second-order valence-electron chi connectivity index (χ2n) is 7.55. The first kappa shape index (κ1) is 21.7. The molecule has 1 amide bonds. The molecule has 0 spiro atoms. The van der Waals surface area contributed by atoms with Crippen LogP contribution in [0.2, 0.25) is 5.02 Å². The number of aromatic nitrogens is 1. The molecule has 2 aromatic heterocycles. The predicted molar refractivity (Wildman–Crippen MR) is 128 cm³/mol. The molecule has 6 heteroatoms. The lowest BCUT2D eigenvalue weighted by molar-refractivity contribution is 0.102. The first-order valence-corrected chi connectivity index (χ1v) is 10.8. The Kier molecular flexibility index (Phi) is 6.01. The number of hydrogen-bond donors (Lipinski definition) is 1. The minimum Gasteiger partial charge on any atom is -0.463 e. The van der Waals surface area contributed by atoms with Crippen molar-refractivity contribution < 1.29 is 9.21 Å². The zero-order chi connectivity index (χ0) is 22.8. The van der Waals surface area contributed by atoms with Crippen LogP contribution in [-0.2, 0) is 6.42 Å². The number of rotatable bonds is 5. The number of nitrogens with zero attached hydrogens (tertiary/aromatic N) is 1. The van der Waals surface area contributed by atoms with Gasteiger partial charge in [0.15, 0.2) is 11.2 Å². The van der Waals surface area contributed by atoms with Gasteiger partial charge in [0.05, 0.1) is 17.0 Å². The minimum absolute atomic E-state index is 0.00391. The molecule has 4 rings (SSSR count). The van der Waals surface area contributed by atoms with Crippen molar-refractivity contribution >= 4 is 23.2 Å². The maximum Gasteiger partial charge on any atom is 0.261 e. The summed E-state index contributed by atoms with van der Waals surface area (Å²) >= 11 is 6.50. The normalized spacial score (nSPS) is 10.9. The molecule has 162 valence electrons. The predicted octanol–water partition coefficient (Wildman–Crippen LogP) is 6.18. The Morgan fingerprint density at radius 2 is 1.84 bits per heavy atom. The van der Waals surface area contributed by atoms with Crippen molar-refractivity contribution in [3.8, 4) is 17.1 Å². The van der Waals surface area contributed by atoms with Gasteiger partial charge in [0, 0.05) is 17.4 Å². The molecule has 1 N–H and O–H groups in total. The first-order valence-electron chi connectivity index (χ1n) is 10.4. The summed E-state index contributed by atoms with van der Waals surface area (Å²) in [4.78, 5) is 26.7. The number of furan rings is 1. The monoisotopic (exact) mass is 446 g/mol. The number of para-hydroxylation sites is 2. The van der Waals surface area contributed by atoms with E-state index in [1.807, 2.05) is 50.2 Å². The SMILES string of the molecule is CCc1cccc(C)c1NC(=O)c1c(-c2ccco2)n(-c2ccccc2Cl)c(C)cc1=O. The van der Waals surface area contributed by atoms with Crippen LogP contribution in [0, 0.1) is 13.8 Å². The molecule has 0 radical (unpaired) electrons. The number of aryl methyl sites for hydroxylation is 3. The van der Waals surface area contributed by atoms with Gasteiger partial charge < -0.3 is 14.3 Å². The second-order valence-corrected chi connectivity index (χ2v) is 7.96. The van der Waals surface area contributed by atoms with Gasteiger partial charge in [-0.15, -0.1) is 0 Å². The zero-order valence-corrected chi connectivity index (χ0v) is 18.9. The van der Waals surface area contributed by atoms with E-state index < -0.39 is 5.91 Å². The van der Waals surface area contributed by atoms with Crippen LogP contribution in [0.4, 0.5) is 5.69 Å². The van der Waals surface area contributed by atoms with E-state index in [2.05, 4.69) is 5.32 Å². The van der Waals surface area contributed by atoms with Crippen LogP contribution in [0.3, 0.4) is 0 Å². The number of anilines is 1. The van der Waals surface area contributed by atoms with E-state index in [9.17, 15) is 9.59 Å². The fraction of sp³-hybridized carbons (Fsp3) is 0.154. The molecule has 0 bridgehead atoms. The third-order valence-corrected chi connectivity index (χ3v) is 5.77. The Labute approximate surface area is 191 Å². The van der Waals surface area contributed by atoms with Crippen LogP contribution in [-0.4, -0.2) is 10.5 Å². The van der Waals surface area contributed by atoms with Crippen LogP contribution >= 0.6 is 11.6 Å². The number of pyridine rings is 1. The first-order chi connectivity index (χ1) is 15.4. The van der Waals surface area contributed by atoms with Gasteiger partial charge >= 0.3 is 0 Å². The van der Waals surface area contributed by atoms with Crippen molar-refractivity contribution in [3.63, 3.8) is 0 Å². The lowest BCUT2D eigenvalue weighted by Gasteiger charge is -2.20. The summed E-state index contributed by atoms with van der Waals surface area (Å²) in [5.41, 5.74) is 3.89. The van der Waals surface area contributed by atoms with Gasteiger partial charge in [-0.05, 0) is 55.7 Å². The van der Waals surface area contributed by atoms with E-state index in [0.717, 1.165) is 23.2 Å². The fourth-order valence-corrected chi connectivity index (χ4v) is 4.14. The number of amides is 1. The molecule has 4 aromatic rings. The molecule has 32 heavy (non-hydrogen) atoms. The standard InChI is InChI=1S/C26H23ClN2O3/c1-4-18-10-7-9-16(2)24(18)28-26(31)23-21(30)15-17(3)29(20-12-6-5-11-19(20)27)25(23)22-13-8-14-32-22/h5-15H,4H2,1-3H3,(H,28,31). The molecule has 0 saturated heterocycles. The van der Waals surface area contributed by atoms with Crippen molar-refractivity contribution in [2.75, 3.05) is 5.32 Å². The van der Waals surface area contributed by atoms with Crippen LogP contribution in [0.15, 0.2) is 76.1 Å². The van der Waals surface area contributed by atoms with E-state index >= 15 is 0 Å². The summed E-state index contributed by atoms with van der Waals surface area (Å²) in [6.07, 6.45) is 2.26. The highest BCUT2D eigenvalue weighted by Gasteiger charge is 2.25. The van der Waals surface area contributed by atoms with Crippen molar-refractivity contribution in [2.24, 2.45) is 0 Å². The molecule has 0 fully saturated rings. The average Bonchev–Trinajstić information content (AvgIpc) is 3.30. The molecular weight excluding hydrogens is 424 g/mol. The highest BCUT2D eigenvalue weighted by molar-refractivity contribution is 6.32. The van der Waals surface area contributed by atoms with Gasteiger partial charge in [0.2, 0.25) is 0 Å². The van der Waals surface area contributed by atoms with Gasteiger partial charge in [0.25, 0.3) is 5.91 Å². The zero-order valence-electron chi connectivity index (χ0n) is 18.1. The molecule has 0 aliphatic carbocycles. The summed E-state index contributed by atoms with van der Waals surface area (Å²) in [5.74, 6) is -0.0948. The number of nitrogens with one attached hydrogen (secondary N) is 1. The topological polar surface area (TPSA) is 64.2 Å². The number of benzene rings is 2. The Morgan fingerprint density at radius 3 is 2.53 bits per heavy atom. The highest BCUT2D eigenvalue weighted by Crippen LogP contribution is 2.31. The molecule has 0 unspecified atom stereocenters. The third kappa shape index (κ3) is 3.87. The van der Waals surface area contributed by atoms with E-state index in [0.29, 0.717) is 27.9 Å². The maximum atomic E-state index is 13.6. The van der Waals surface area contributed by atoms with Gasteiger partial charge in [-0.3, -0.25) is 9.59 Å². The van der Waals surface area contributed by atoms with Gasteiger partial charge in [-0.2, -0.15) is 0 Å². The van der Waals surface area contributed by atoms with Crippen molar-refractivity contribution in [3.05, 3.63) is 105 Å². The molecular formula is C26H23ClN2O3. The average molecular weight is 447 g/mol. The van der Waals surface area contributed by atoms with Crippen LogP contribution in [0.25, 0.3) is 17.1 Å². The van der Waals surface area contributed by atoms with E-state index in [1.165, 1.54) is 12.3 Å². The van der Waals surface area contributed by atoms with Crippen molar-refractivity contribution in [1.82, 2.24) is 4.57 Å². The molecule has 0 atom stereocenters. The molecule has 0 aliphatic rings. The van der Waals surface area contributed by atoms with E-state index in [-0.39, 0.29) is 11.0 Å². The Morgan fingerprint density at radius 1 is 1.06 bits per heavy atom. The highest BCUT2D eigenvalue weighted by atomic mass is 35.5.